The quantitative estimate of drug-likeness (QED) is 0.367. The van der Waals surface area contributed by atoms with Crippen molar-refractivity contribution in [2.24, 2.45) is 0 Å². The number of imide groups is 1. The van der Waals surface area contributed by atoms with Crippen LogP contribution in [-0.2, 0) is 16.0 Å². The Bertz CT molecular complexity index is 967. The molecule has 1 unspecified atom stereocenters. The minimum Gasteiger partial charge on any atom is -0.506 e. The summed E-state index contributed by atoms with van der Waals surface area (Å²) >= 11 is 0. The van der Waals surface area contributed by atoms with Crippen molar-refractivity contribution < 1.29 is 34.4 Å². The van der Waals surface area contributed by atoms with Gasteiger partial charge in [-0.3, -0.25) is 14.5 Å². The topological polar surface area (TPSA) is 128 Å². The van der Waals surface area contributed by atoms with E-state index in [2.05, 4.69) is 0 Å². The number of aromatic hydroxyl groups is 1. The SMILES string of the molecule is CCOC(=O)C(Cc1ccc(O)c(N(CCO)CCO)c1)N1C(=O)c2ccccc2C1=O. The third-order valence-corrected chi connectivity index (χ3v) is 5.25. The van der Waals surface area contributed by atoms with Gasteiger partial charge in [-0.25, -0.2) is 4.79 Å². The minimum atomic E-state index is -1.19. The van der Waals surface area contributed by atoms with Gasteiger partial charge in [0.05, 0.1) is 36.6 Å². The number of anilines is 1. The van der Waals surface area contributed by atoms with Crippen LogP contribution >= 0.6 is 0 Å². The second-order valence-electron chi connectivity index (χ2n) is 7.26. The van der Waals surface area contributed by atoms with Crippen molar-refractivity contribution in [1.29, 1.82) is 0 Å². The average Bonchev–Trinajstić information content (AvgIpc) is 3.03. The molecule has 0 fully saturated rings. The minimum absolute atomic E-state index is 0.0241. The molecule has 1 aliphatic heterocycles. The summed E-state index contributed by atoms with van der Waals surface area (Å²) in [5.74, 6) is -1.90. The van der Waals surface area contributed by atoms with Crippen molar-refractivity contribution >= 4 is 23.5 Å². The molecule has 32 heavy (non-hydrogen) atoms. The van der Waals surface area contributed by atoms with Gasteiger partial charge in [-0.15, -0.1) is 0 Å². The summed E-state index contributed by atoms with van der Waals surface area (Å²) in [7, 11) is 0. The lowest BCUT2D eigenvalue weighted by Crippen LogP contribution is -2.47. The van der Waals surface area contributed by atoms with E-state index in [1.807, 2.05) is 0 Å². The number of benzene rings is 2. The number of hydrogen-bond donors (Lipinski definition) is 3. The number of carbonyl (C=O) groups is 3. The smallest absolute Gasteiger partial charge is 0.329 e. The molecular weight excluding hydrogens is 416 g/mol. The molecule has 0 aliphatic carbocycles. The van der Waals surface area contributed by atoms with Gasteiger partial charge < -0.3 is 25.0 Å². The van der Waals surface area contributed by atoms with Crippen LogP contribution in [0.15, 0.2) is 42.5 Å². The van der Waals surface area contributed by atoms with Gasteiger partial charge in [-0.2, -0.15) is 0 Å². The van der Waals surface area contributed by atoms with Crippen molar-refractivity contribution in [1.82, 2.24) is 4.90 Å². The fourth-order valence-electron chi connectivity index (χ4n) is 3.78. The van der Waals surface area contributed by atoms with E-state index in [9.17, 15) is 29.7 Å². The van der Waals surface area contributed by atoms with E-state index in [4.69, 9.17) is 4.74 Å². The first-order valence-electron chi connectivity index (χ1n) is 10.3. The van der Waals surface area contributed by atoms with Crippen molar-refractivity contribution in [3.8, 4) is 5.75 Å². The Morgan fingerprint density at radius 2 is 1.62 bits per heavy atom. The Balaban J connectivity index is 1.96. The molecule has 1 heterocycles. The third kappa shape index (κ3) is 4.58. The number of hydrogen-bond acceptors (Lipinski definition) is 8. The number of phenolic OH excluding ortho intramolecular Hbond substituents is 1. The fraction of sp³-hybridized carbons (Fsp3) is 0.348. The highest BCUT2D eigenvalue weighted by atomic mass is 16.5. The van der Waals surface area contributed by atoms with Crippen LogP contribution in [0.3, 0.4) is 0 Å². The summed E-state index contributed by atoms with van der Waals surface area (Å²) < 4.78 is 5.15. The van der Waals surface area contributed by atoms with Crippen molar-refractivity contribution in [3.63, 3.8) is 0 Å². The van der Waals surface area contributed by atoms with Crippen LogP contribution < -0.4 is 4.90 Å². The molecule has 170 valence electrons. The van der Waals surface area contributed by atoms with E-state index >= 15 is 0 Å². The summed E-state index contributed by atoms with van der Waals surface area (Å²) in [6.07, 6.45) is -0.0241. The van der Waals surface area contributed by atoms with Crippen molar-refractivity contribution in [2.75, 3.05) is 37.8 Å². The van der Waals surface area contributed by atoms with Crippen molar-refractivity contribution in [2.45, 2.75) is 19.4 Å². The standard InChI is InChI=1S/C23H26N2O7/c1-2-32-23(31)19(25-21(29)16-5-3-4-6-17(16)22(25)30)14-15-7-8-20(28)18(13-15)24(9-11-26)10-12-27/h3-8,13,19,26-28H,2,9-12,14H2,1H3. The molecule has 3 N–H and O–H groups in total. The van der Waals surface area contributed by atoms with Gasteiger partial charge in [0.15, 0.2) is 0 Å². The van der Waals surface area contributed by atoms with E-state index < -0.39 is 23.8 Å². The second kappa shape index (κ2) is 10.3. The third-order valence-electron chi connectivity index (χ3n) is 5.25. The molecule has 2 aromatic carbocycles. The zero-order valence-corrected chi connectivity index (χ0v) is 17.7. The molecule has 9 heteroatoms. The van der Waals surface area contributed by atoms with Crippen LogP contribution in [0, 0.1) is 0 Å². The number of rotatable bonds is 10. The van der Waals surface area contributed by atoms with Crippen LogP contribution in [0.5, 0.6) is 5.75 Å². The zero-order chi connectivity index (χ0) is 23.3. The van der Waals surface area contributed by atoms with E-state index in [-0.39, 0.29) is 56.2 Å². The number of ether oxygens (including phenoxy) is 1. The highest BCUT2D eigenvalue weighted by Gasteiger charge is 2.43. The summed E-state index contributed by atoms with van der Waals surface area (Å²) in [5, 5.41) is 28.9. The first kappa shape index (κ1) is 23.2. The lowest BCUT2D eigenvalue weighted by atomic mass is 10.0. The van der Waals surface area contributed by atoms with E-state index in [1.165, 1.54) is 18.2 Å². The molecule has 0 saturated heterocycles. The van der Waals surface area contributed by atoms with Gasteiger partial charge in [0.1, 0.15) is 11.8 Å². The first-order chi connectivity index (χ1) is 15.4. The molecule has 0 bridgehead atoms. The number of carbonyl (C=O) groups excluding carboxylic acids is 3. The molecule has 2 amide bonds. The van der Waals surface area contributed by atoms with Crippen LogP contribution in [0.25, 0.3) is 0 Å². The molecule has 1 atom stereocenters. The van der Waals surface area contributed by atoms with E-state index in [1.54, 1.807) is 36.1 Å². The largest absolute Gasteiger partial charge is 0.506 e. The van der Waals surface area contributed by atoms with E-state index in [0.717, 1.165) is 4.90 Å². The Labute approximate surface area is 185 Å². The molecule has 0 spiro atoms. The van der Waals surface area contributed by atoms with Gasteiger partial charge in [0.2, 0.25) is 0 Å². The maximum absolute atomic E-state index is 12.9. The molecule has 0 radical (unpaired) electrons. The molecular formula is C23H26N2O7. The molecule has 9 nitrogen and oxygen atoms in total. The summed E-state index contributed by atoms with van der Waals surface area (Å²) in [6.45, 7) is 1.70. The zero-order valence-electron chi connectivity index (χ0n) is 17.7. The average molecular weight is 442 g/mol. The van der Waals surface area contributed by atoms with E-state index in [0.29, 0.717) is 11.3 Å². The monoisotopic (exact) mass is 442 g/mol. The van der Waals surface area contributed by atoms with Gasteiger partial charge in [-0.05, 0) is 36.8 Å². The summed E-state index contributed by atoms with van der Waals surface area (Å²) in [4.78, 5) is 41.2. The lowest BCUT2D eigenvalue weighted by molar-refractivity contribution is -0.147. The number of nitrogens with zero attached hydrogens (tertiary/aromatic N) is 2. The normalized spacial score (nSPS) is 13.8. The number of esters is 1. The number of amides is 2. The van der Waals surface area contributed by atoms with Crippen LogP contribution in [0.2, 0.25) is 0 Å². The van der Waals surface area contributed by atoms with Crippen LogP contribution in [-0.4, -0.2) is 77.0 Å². The summed E-state index contributed by atoms with van der Waals surface area (Å²) in [6, 6.07) is 9.80. The number of aliphatic hydroxyl groups is 2. The molecule has 0 aromatic heterocycles. The lowest BCUT2D eigenvalue weighted by Gasteiger charge is -2.27. The van der Waals surface area contributed by atoms with Gasteiger partial charge in [-0.1, -0.05) is 18.2 Å². The fourth-order valence-corrected chi connectivity index (χ4v) is 3.78. The molecule has 2 aromatic rings. The maximum atomic E-state index is 12.9. The Hall–Kier alpha value is -3.43. The van der Waals surface area contributed by atoms with Gasteiger partial charge >= 0.3 is 5.97 Å². The van der Waals surface area contributed by atoms with Crippen LogP contribution in [0.1, 0.15) is 33.2 Å². The number of phenols is 1. The van der Waals surface area contributed by atoms with Gasteiger partial charge in [0, 0.05) is 19.5 Å². The first-order valence-corrected chi connectivity index (χ1v) is 10.3. The second-order valence-corrected chi connectivity index (χ2v) is 7.26. The maximum Gasteiger partial charge on any atom is 0.329 e. The highest BCUT2D eigenvalue weighted by Crippen LogP contribution is 2.31. The predicted octanol–water partition coefficient (Wildman–Crippen LogP) is 0.954. The summed E-state index contributed by atoms with van der Waals surface area (Å²) in [5.41, 5.74) is 1.38. The number of aliphatic hydroxyl groups excluding tert-OH is 2. The van der Waals surface area contributed by atoms with Crippen molar-refractivity contribution in [3.05, 3.63) is 59.2 Å². The molecule has 3 rings (SSSR count). The Morgan fingerprint density at radius 1 is 1.03 bits per heavy atom. The Morgan fingerprint density at radius 3 is 2.16 bits per heavy atom. The Kier molecular flexibility index (Phi) is 7.45. The highest BCUT2D eigenvalue weighted by molar-refractivity contribution is 6.22. The predicted molar refractivity (Wildman–Crippen MR) is 116 cm³/mol. The number of fused-ring (bicyclic) bond motifs is 1. The molecule has 0 saturated carbocycles. The van der Waals surface area contributed by atoms with Crippen LogP contribution in [0.4, 0.5) is 5.69 Å². The van der Waals surface area contributed by atoms with Gasteiger partial charge in [0.25, 0.3) is 11.8 Å². The molecule has 1 aliphatic rings.